The van der Waals surface area contributed by atoms with Gasteiger partial charge in [0.25, 0.3) is 0 Å². The van der Waals surface area contributed by atoms with Gasteiger partial charge in [-0.2, -0.15) is 0 Å². The van der Waals surface area contributed by atoms with Gasteiger partial charge >= 0.3 is 6.03 Å². The summed E-state index contributed by atoms with van der Waals surface area (Å²) < 4.78 is 12.8. The maximum absolute atomic E-state index is 12.8. The molecule has 2 rings (SSSR count). The van der Waals surface area contributed by atoms with Crippen molar-refractivity contribution in [1.82, 2.24) is 21.2 Å². The van der Waals surface area contributed by atoms with Crippen molar-refractivity contribution >= 4 is 23.3 Å². The summed E-state index contributed by atoms with van der Waals surface area (Å²) >= 11 is 1.47. The summed E-state index contributed by atoms with van der Waals surface area (Å²) in [4.78, 5) is 27.9. The molecule has 6 nitrogen and oxygen atoms in total. The van der Waals surface area contributed by atoms with Gasteiger partial charge in [0.05, 0.1) is 18.7 Å². The average molecular weight is 364 g/mol. The number of urea groups is 1. The third kappa shape index (κ3) is 6.15. The van der Waals surface area contributed by atoms with Crippen molar-refractivity contribution in [1.29, 1.82) is 0 Å². The molecule has 0 saturated heterocycles. The molecule has 1 aromatic heterocycles. The molecule has 0 saturated carbocycles. The Morgan fingerprint density at radius 3 is 2.44 bits per heavy atom. The Kier molecular flexibility index (Phi) is 6.08. The Bertz CT molecular complexity index is 738. The van der Waals surface area contributed by atoms with E-state index in [1.54, 1.807) is 0 Å². The van der Waals surface area contributed by atoms with E-state index in [2.05, 4.69) is 41.9 Å². The predicted octanol–water partition coefficient (Wildman–Crippen LogP) is 2.65. The van der Waals surface area contributed by atoms with Crippen LogP contribution in [0, 0.1) is 5.82 Å². The molecule has 3 amide bonds. The molecule has 0 aliphatic heterocycles. The lowest BCUT2D eigenvalue weighted by Gasteiger charge is -2.14. The minimum absolute atomic E-state index is 0.0364. The number of hydrogen-bond acceptors (Lipinski definition) is 4. The first-order valence-corrected chi connectivity index (χ1v) is 8.64. The van der Waals surface area contributed by atoms with Crippen LogP contribution >= 0.6 is 11.3 Å². The number of carbonyl (C=O) groups excluding carboxylic acids is 2. The first-order valence-electron chi connectivity index (χ1n) is 7.76. The molecular formula is C17H21FN4O2S. The van der Waals surface area contributed by atoms with Crippen molar-refractivity contribution in [3.63, 3.8) is 0 Å². The second kappa shape index (κ2) is 8.06. The Labute approximate surface area is 149 Å². The number of nitrogens with zero attached hydrogens (tertiary/aromatic N) is 1. The summed E-state index contributed by atoms with van der Waals surface area (Å²) in [5.74, 6) is -0.760. The summed E-state index contributed by atoms with van der Waals surface area (Å²) in [6, 6.07) is 5.07. The van der Waals surface area contributed by atoms with E-state index in [1.807, 2.05) is 5.38 Å². The van der Waals surface area contributed by atoms with Crippen molar-refractivity contribution in [2.24, 2.45) is 0 Å². The lowest BCUT2D eigenvalue weighted by molar-refractivity contribution is -0.121. The molecule has 0 unspecified atom stereocenters. The predicted molar refractivity (Wildman–Crippen MR) is 94.4 cm³/mol. The van der Waals surface area contributed by atoms with Crippen LogP contribution in [0.1, 0.15) is 37.0 Å². The number of nitrogens with one attached hydrogen (secondary N) is 3. The number of thiazole rings is 1. The Morgan fingerprint density at radius 2 is 1.84 bits per heavy atom. The zero-order valence-electron chi connectivity index (χ0n) is 14.4. The number of aromatic nitrogens is 1. The second-order valence-electron chi connectivity index (χ2n) is 6.54. The zero-order valence-corrected chi connectivity index (χ0v) is 15.2. The average Bonchev–Trinajstić information content (AvgIpc) is 3.02. The number of halogens is 1. The smallest absolute Gasteiger partial charge is 0.330 e. The number of hydrazine groups is 1. The van der Waals surface area contributed by atoms with Gasteiger partial charge in [-0.1, -0.05) is 32.9 Å². The van der Waals surface area contributed by atoms with Gasteiger partial charge in [0.15, 0.2) is 0 Å². The summed E-state index contributed by atoms with van der Waals surface area (Å²) in [5.41, 5.74) is 6.16. The molecule has 0 aliphatic carbocycles. The highest BCUT2D eigenvalue weighted by molar-refractivity contribution is 7.09. The minimum Gasteiger partial charge on any atom is -0.330 e. The van der Waals surface area contributed by atoms with E-state index in [0.29, 0.717) is 5.56 Å². The second-order valence-corrected chi connectivity index (χ2v) is 7.48. The third-order valence-corrected chi connectivity index (χ3v) is 4.16. The van der Waals surface area contributed by atoms with E-state index >= 15 is 0 Å². The molecular weight excluding hydrogens is 343 g/mol. The van der Waals surface area contributed by atoms with E-state index in [-0.39, 0.29) is 24.2 Å². The van der Waals surface area contributed by atoms with Gasteiger partial charge in [-0.25, -0.2) is 19.6 Å². The van der Waals surface area contributed by atoms with Crippen LogP contribution < -0.4 is 16.2 Å². The van der Waals surface area contributed by atoms with Crippen LogP contribution in [-0.2, 0) is 23.2 Å². The number of hydrogen-bond donors (Lipinski definition) is 3. The van der Waals surface area contributed by atoms with Crippen LogP contribution in [0.2, 0.25) is 0 Å². The van der Waals surface area contributed by atoms with Crippen LogP contribution in [-0.4, -0.2) is 16.9 Å². The molecule has 1 heterocycles. The number of rotatable bonds is 4. The Hall–Kier alpha value is -2.48. The Balaban J connectivity index is 1.72. The highest BCUT2D eigenvalue weighted by Crippen LogP contribution is 2.23. The van der Waals surface area contributed by atoms with E-state index in [9.17, 15) is 14.0 Å². The van der Waals surface area contributed by atoms with E-state index in [0.717, 1.165) is 10.7 Å². The number of carbonyl (C=O) groups is 2. The van der Waals surface area contributed by atoms with Crippen molar-refractivity contribution in [2.45, 2.75) is 39.2 Å². The van der Waals surface area contributed by atoms with Gasteiger partial charge in [-0.3, -0.25) is 10.2 Å². The fourth-order valence-electron chi connectivity index (χ4n) is 1.89. The topological polar surface area (TPSA) is 83.1 Å². The summed E-state index contributed by atoms with van der Waals surface area (Å²) in [7, 11) is 0. The molecule has 2 aromatic rings. The van der Waals surface area contributed by atoms with Gasteiger partial charge in [-0.05, 0) is 17.7 Å². The Morgan fingerprint density at radius 1 is 1.16 bits per heavy atom. The quantitative estimate of drug-likeness (QED) is 0.730. The van der Waals surface area contributed by atoms with Gasteiger partial charge < -0.3 is 5.32 Å². The fourth-order valence-corrected chi connectivity index (χ4v) is 2.86. The molecule has 1 aromatic carbocycles. The first-order chi connectivity index (χ1) is 11.7. The van der Waals surface area contributed by atoms with Gasteiger partial charge in [-0.15, -0.1) is 11.3 Å². The molecule has 0 bridgehead atoms. The molecule has 0 radical (unpaired) electrons. The number of amides is 3. The van der Waals surface area contributed by atoms with Crippen molar-refractivity contribution in [2.75, 3.05) is 0 Å². The van der Waals surface area contributed by atoms with Gasteiger partial charge in [0.1, 0.15) is 10.8 Å². The number of benzene rings is 1. The highest BCUT2D eigenvalue weighted by atomic mass is 32.1. The van der Waals surface area contributed by atoms with Crippen LogP contribution in [0.3, 0.4) is 0 Å². The minimum atomic E-state index is -0.528. The van der Waals surface area contributed by atoms with Crippen LogP contribution in [0.15, 0.2) is 29.6 Å². The summed E-state index contributed by atoms with van der Waals surface area (Å²) in [6.07, 6.45) is 0.0436. The molecule has 134 valence electrons. The molecule has 0 spiro atoms. The van der Waals surface area contributed by atoms with Crippen molar-refractivity contribution in [3.8, 4) is 0 Å². The standard InChI is InChI=1S/C17H21FN4O2S/c1-17(2,3)13-10-25-15(20-13)9-19-16(24)22-21-14(23)8-11-4-6-12(18)7-5-11/h4-7,10H,8-9H2,1-3H3,(H,21,23)(H2,19,22,24). The van der Waals surface area contributed by atoms with E-state index in [1.165, 1.54) is 35.6 Å². The van der Waals surface area contributed by atoms with Crippen LogP contribution in [0.4, 0.5) is 9.18 Å². The van der Waals surface area contributed by atoms with E-state index < -0.39 is 11.9 Å². The maximum atomic E-state index is 12.8. The van der Waals surface area contributed by atoms with Crippen molar-refractivity contribution in [3.05, 3.63) is 51.7 Å². The van der Waals surface area contributed by atoms with Crippen LogP contribution in [0.25, 0.3) is 0 Å². The zero-order chi connectivity index (χ0) is 18.4. The molecule has 25 heavy (non-hydrogen) atoms. The molecule has 0 fully saturated rings. The largest absolute Gasteiger partial charge is 0.333 e. The SMILES string of the molecule is CC(C)(C)c1csc(CNC(=O)NNC(=O)Cc2ccc(F)cc2)n1. The van der Waals surface area contributed by atoms with Gasteiger partial charge in [0.2, 0.25) is 5.91 Å². The lowest BCUT2D eigenvalue weighted by Crippen LogP contribution is -2.47. The fraction of sp³-hybridized carbons (Fsp3) is 0.353. The summed E-state index contributed by atoms with van der Waals surface area (Å²) in [5, 5.41) is 5.39. The monoisotopic (exact) mass is 364 g/mol. The maximum Gasteiger partial charge on any atom is 0.333 e. The normalized spacial score (nSPS) is 11.0. The van der Waals surface area contributed by atoms with Gasteiger partial charge in [0, 0.05) is 10.8 Å². The molecule has 3 N–H and O–H groups in total. The molecule has 0 aliphatic rings. The lowest BCUT2D eigenvalue weighted by atomic mass is 9.93. The van der Waals surface area contributed by atoms with Crippen molar-refractivity contribution < 1.29 is 14.0 Å². The van der Waals surface area contributed by atoms with E-state index in [4.69, 9.17) is 0 Å². The molecule has 0 atom stereocenters. The highest BCUT2D eigenvalue weighted by Gasteiger charge is 2.17. The van der Waals surface area contributed by atoms with Crippen LogP contribution in [0.5, 0.6) is 0 Å². The first kappa shape index (κ1) is 18.9. The molecule has 8 heteroatoms. The summed E-state index contributed by atoms with van der Waals surface area (Å²) in [6.45, 7) is 6.49. The third-order valence-electron chi connectivity index (χ3n) is 3.31.